The number of aromatic nitrogens is 2. The molecular weight excluding hydrogens is 562 g/mol. The minimum absolute atomic E-state index is 0.00907. The standard InChI is InChI=1S/C33H41N5O6/c1-23-28(21-37-16-18-38(19-17-37)33-34-14-3-15-35-33)43-32(44-31(23)26-10-8-25(22-39)9-11-26)27-12-6-24(7-13-27)20-36-29(40)4-2-5-30(41)42/h3,6-15,23,28,31-32,39H,2,4-5,16-22H2,1H3,(H,36,40)(H,41,42). The summed E-state index contributed by atoms with van der Waals surface area (Å²) in [6.07, 6.45) is 3.17. The number of ether oxygens (including phenoxy) is 2. The number of benzene rings is 2. The maximum Gasteiger partial charge on any atom is 0.303 e. The number of anilines is 1. The molecule has 3 N–H and O–H groups in total. The first-order valence-corrected chi connectivity index (χ1v) is 15.2. The van der Waals surface area contributed by atoms with Crippen molar-refractivity contribution >= 4 is 17.8 Å². The number of aliphatic carboxylic acids is 1. The molecule has 2 fully saturated rings. The lowest BCUT2D eigenvalue weighted by Gasteiger charge is -2.44. The Labute approximate surface area is 257 Å². The number of nitrogens with zero attached hydrogens (tertiary/aromatic N) is 4. The summed E-state index contributed by atoms with van der Waals surface area (Å²) in [4.78, 5) is 36.2. The highest BCUT2D eigenvalue weighted by Crippen LogP contribution is 2.42. The number of piperazine rings is 1. The zero-order valence-corrected chi connectivity index (χ0v) is 25.0. The molecule has 2 aliphatic rings. The normalized spacial score (nSPS) is 22.5. The lowest BCUT2D eigenvalue weighted by atomic mass is 9.90. The number of rotatable bonds is 12. The molecule has 4 unspecified atom stereocenters. The van der Waals surface area contributed by atoms with Crippen LogP contribution in [0.2, 0.25) is 0 Å². The zero-order valence-electron chi connectivity index (χ0n) is 25.0. The maximum atomic E-state index is 12.1. The van der Waals surface area contributed by atoms with Crippen LogP contribution in [0.15, 0.2) is 67.0 Å². The van der Waals surface area contributed by atoms with E-state index in [1.165, 1.54) is 0 Å². The van der Waals surface area contributed by atoms with Crippen LogP contribution in [0.25, 0.3) is 0 Å². The highest BCUT2D eigenvalue weighted by molar-refractivity contribution is 5.76. The summed E-state index contributed by atoms with van der Waals surface area (Å²) in [7, 11) is 0. The first kappa shape index (κ1) is 31.5. The number of hydrogen-bond acceptors (Lipinski definition) is 9. The van der Waals surface area contributed by atoms with Gasteiger partial charge in [0.25, 0.3) is 0 Å². The van der Waals surface area contributed by atoms with Crippen molar-refractivity contribution in [2.45, 2.75) is 57.8 Å². The minimum Gasteiger partial charge on any atom is -0.481 e. The van der Waals surface area contributed by atoms with Gasteiger partial charge in [-0.3, -0.25) is 14.5 Å². The van der Waals surface area contributed by atoms with Gasteiger partial charge in [-0.1, -0.05) is 55.5 Å². The van der Waals surface area contributed by atoms with E-state index in [9.17, 15) is 14.7 Å². The van der Waals surface area contributed by atoms with Gasteiger partial charge in [0, 0.05) is 76.0 Å². The van der Waals surface area contributed by atoms with Crippen molar-refractivity contribution < 1.29 is 29.3 Å². The number of hydrogen-bond donors (Lipinski definition) is 3. The van der Waals surface area contributed by atoms with E-state index in [-0.39, 0.29) is 43.5 Å². The van der Waals surface area contributed by atoms with Gasteiger partial charge in [-0.25, -0.2) is 9.97 Å². The molecule has 0 bridgehead atoms. The molecule has 0 aliphatic carbocycles. The highest BCUT2D eigenvalue weighted by atomic mass is 16.7. The van der Waals surface area contributed by atoms with Crippen LogP contribution in [0.4, 0.5) is 5.95 Å². The van der Waals surface area contributed by atoms with Crippen molar-refractivity contribution in [1.29, 1.82) is 0 Å². The predicted octanol–water partition coefficient (Wildman–Crippen LogP) is 3.45. The number of carboxylic acids is 1. The molecule has 11 heteroatoms. The monoisotopic (exact) mass is 603 g/mol. The molecule has 3 aromatic rings. The molecule has 5 rings (SSSR count). The fourth-order valence-corrected chi connectivity index (χ4v) is 5.65. The van der Waals surface area contributed by atoms with Gasteiger partial charge in [0.2, 0.25) is 11.9 Å². The second kappa shape index (κ2) is 15.2. The molecule has 11 nitrogen and oxygen atoms in total. The Kier molecular flexibility index (Phi) is 10.9. The third-order valence-electron chi connectivity index (χ3n) is 8.30. The van der Waals surface area contributed by atoms with Crippen LogP contribution < -0.4 is 10.2 Å². The number of carboxylic acid groups (broad SMARTS) is 1. The Morgan fingerprint density at radius 1 is 0.909 bits per heavy atom. The van der Waals surface area contributed by atoms with Crippen molar-refractivity contribution in [1.82, 2.24) is 20.2 Å². The molecule has 44 heavy (non-hydrogen) atoms. The quantitative estimate of drug-likeness (QED) is 0.282. The first-order chi connectivity index (χ1) is 21.4. The Morgan fingerprint density at radius 2 is 1.57 bits per heavy atom. The van der Waals surface area contributed by atoms with Gasteiger partial charge in [-0.05, 0) is 29.2 Å². The van der Waals surface area contributed by atoms with Crippen molar-refractivity contribution in [2.24, 2.45) is 5.92 Å². The average molecular weight is 604 g/mol. The lowest BCUT2D eigenvalue weighted by Crippen LogP contribution is -2.51. The molecule has 1 amide bonds. The van der Waals surface area contributed by atoms with Gasteiger partial charge in [0.15, 0.2) is 6.29 Å². The third-order valence-corrected chi connectivity index (χ3v) is 8.30. The molecule has 0 spiro atoms. The largest absolute Gasteiger partial charge is 0.481 e. The Hall–Kier alpha value is -3.90. The van der Waals surface area contributed by atoms with Crippen molar-refractivity contribution in [3.63, 3.8) is 0 Å². The molecule has 234 valence electrons. The van der Waals surface area contributed by atoms with Crippen molar-refractivity contribution in [2.75, 3.05) is 37.6 Å². The molecule has 2 aromatic carbocycles. The molecule has 4 atom stereocenters. The summed E-state index contributed by atoms with van der Waals surface area (Å²) >= 11 is 0. The van der Waals surface area contributed by atoms with E-state index in [1.54, 1.807) is 12.4 Å². The van der Waals surface area contributed by atoms with E-state index in [2.05, 4.69) is 32.0 Å². The van der Waals surface area contributed by atoms with Gasteiger partial charge in [-0.2, -0.15) is 0 Å². The summed E-state index contributed by atoms with van der Waals surface area (Å²) in [6, 6.07) is 17.6. The second-order valence-electron chi connectivity index (χ2n) is 11.4. The topological polar surface area (TPSA) is 137 Å². The molecule has 1 aromatic heterocycles. The minimum atomic E-state index is -0.901. The van der Waals surface area contributed by atoms with Gasteiger partial charge >= 0.3 is 5.97 Å². The average Bonchev–Trinajstić information content (AvgIpc) is 3.05. The second-order valence-corrected chi connectivity index (χ2v) is 11.4. The number of carbonyl (C=O) groups is 2. The molecule has 2 aliphatic heterocycles. The summed E-state index contributed by atoms with van der Waals surface area (Å²) in [6.45, 7) is 6.72. The van der Waals surface area contributed by atoms with Gasteiger partial charge in [0.05, 0.1) is 18.8 Å². The van der Waals surface area contributed by atoms with Gasteiger partial charge in [-0.15, -0.1) is 0 Å². The summed E-state index contributed by atoms with van der Waals surface area (Å²) in [5.74, 6) is -0.228. The fraction of sp³-hybridized carbons (Fsp3) is 0.455. The third kappa shape index (κ3) is 8.38. The molecule has 0 saturated carbocycles. The number of aliphatic hydroxyl groups excluding tert-OH is 1. The molecule has 0 radical (unpaired) electrons. The van der Waals surface area contributed by atoms with Crippen LogP contribution in [-0.2, 0) is 32.2 Å². The van der Waals surface area contributed by atoms with Crippen LogP contribution in [0, 0.1) is 5.92 Å². The SMILES string of the molecule is CC1C(CN2CCN(c3ncccn3)CC2)OC(c2ccc(CNC(=O)CCCC(=O)O)cc2)OC1c1ccc(CO)cc1. The Morgan fingerprint density at radius 3 is 2.23 bits per heavy atom. The number of aliphatic hydroxyl groups is 1. The van der Waals surface area contributed by atoms with Crippen LogP contribution in [-0.4, -0.2) is 75.8 Å². The number of carbonyl (C=O) groups excluding carboxylic acids is 1. The van der Waals surface area contributed by atoms with Gasteiger partial charge in [0.1, 0.15) is 0 Å². The summed E-state index contributed by atoms with van der Waals surface area (Å²) in [5, 5.41) is 21.1. The van der Waals surface area contributed by atoms with Gasteiger partial charge < -0.3 is 29.9 Å². The zero-order chi connectivity index (χ0) is 30.9. The molecular formula is C33H41N5O6. The molecule has 2 saturated heterocycles. The van der Waals surface area contributed by atoms with Crippen LogP contribution >= 0.6 is 0 Å². The first-order valence-electron chi connectivity index (χ1n) is 15.2. The summed E-state index contributed by atoms with van der Waals surface area (Å²) in [5.41, 5.74) is 3.71. The Bertz CT molecular complexity index is 1350. The van der Waals surface area contributed by atoms with E-state index < -0.39 is 12.3 Å². The van der Waals surface area contributed by atoms with Crippen LogP contribution in [0.5, 0.6) is 0 Å². The number of nitrogens with one attached hydrogen (secondary N) is 1. The van der Waals surface area contributed by atoms with Crippen LogP contribution in [0.3, 0.4) is 0 Å². The smallest absolute Gasteiger partial charge is 0.303 e. The summed E-state index contributed by atoms with van der Waals surface area (Å²) < 4.78 is 13.2. The van der Waals surface area contributed by atoms with E-state index in [0.717, 1.165) is 60.9 Å². The predicted molar refractivity (Wildman–Crippen MR) is 163 cm³/mol. The van der Waals surface area contributed by atoms with E-state index in [1.807, 2.05) is 54.6 Å². The fourth-order valence-electron chi connectivity index (χ4n) is 5.65. The van der Waals surface area contributed by atoms with Crippen molar-refractivity contribution in [3.05, 3.63) is 89.2 Å². The highest BCUT2D eigenvalue weighted by Gasteiger charge is 2.39. The van der Waals surface area contributed by atoms with E-state index in [0.29, 0.717) is 13.0 Å². The van der Waals surface area contributed by atoms with E-state index >= 15 is 0 Å². The van der Waals surface area contributed by atoms with Crippen molar-refractivity contribution in [3.8, 4) is 0 Å². The lowest BCUT2D eigenvalue weighted by molar-refractivity contribution is -0.276. The maximum absolute atomic E-state index is 12.1. The number of amides is 1. The van der Waals surface area contributed by atoms with Crippen LogP contribution in [0.1, 0.15) is 60.8 Å². The molecule has 3 heterocycles. The Balaban J connectivity index is 1.24. The van der Waals surface area contributed by atoms with E-state index in [4.69, 9.17) is 14.6 Å².